The van der Waals surface area contributed by atoms with Gasteiger partial charge in [-0.1, -0.05) is 27.2 Å². The molecule has 0 bridgehead atoms. The van der Waals surface area contributed by atoms with Crippen LogP contribution in [-0.2, 0) is 19.4 Å². The first-order valence-corrected chi connectivity index (χ1v) is 7.69. The van der Waals surface area contributed by atoms with E-state index < -0.39 is 0 Å². The van der Waals surface area contributed by atoms with Gasteiger partial charge in [0.1, 0.15) is 0 Å². The molecule has 1 aromatic heterocycles. The molecule has 1 heterocycles. The van der Waals surface area contributed by atoms with Crippen LogP contribution in [-0.4, -0.2) is 7.05 Å². The summed E-state index contributed by atoms with van der Waals surface area (Å²) in [6.45, 7) is 8.24. The van der Waals surface area contributed by atoms with Crippen molar-refractivity contribution in [3.8, 4) is 0 Å². The first kappa shape index (κ1) is 13.1. The van der Waals surface area contributed by atoms with Crippen molar-refractivity contribution >= 4 is 11.3 Å². The zero-order chi connectivity index (χ0) is 12.5. The zero-order valence-electron chi connectivity index (χ0n) is 11.6. The van der Waals surface area contributed by atoms with Gasteiger partial charge in [0.15, 0.2) is 0 Å². The molecule has 0 amide bonds. The molecule has 0 radical (unpaired) electrons. The Hall–Kier alpha value is -0.340. The van der Waals surface area contributed by atoms with E-state index in [2.05, 4.69) is 31.5 Å². The topological polar surface area (TPSA) is 12.0 Å². The Balaban J connectivity index is 2.15. The van der Waals surface area contributed by atoms with Crippen LogP contribution in [0, 0.1) is 11.3 Å². The molecule has 1 unspecified atom stereocenters. The average molecular weight is 251 g/mol. The highest BCUT2D eigenvalue weighted by Gasteiger charge is 2.32. The van der Waals surface area contributed by atoms with Crippen molar-refractivity contribution in [2.24, 2.45) is 11.3 Å². The maximum absolute atomic E-state index is 3.28. The van der Waals surface area contributed by atoms with Crippen LogP contribution in [0.5, 0.6) is 0 Å². The fourth-order valence-electron chi connectivity index (χ4n) is 2.87. The summed E-state index contributed by atoms with van der Waals surface area (Å²) < 4.78 is 0. The molecule has 17 heavy (non-hydrogen) atoms. The highest BCUT2D eigenvalue weighted by molar-refractivity contribution is 7.10. The van der Waals surface area contributed by atoms with Crippen LogP contribution in [0.3, 0.4) is 0 Å². The average Bonchev–Trinajstić information content (AvgIpc) is 2.72. The van der Waals surface area contributed by atoms with Gasteiger partial charge in [-0.05, 0) is 54.1 Å². The molecule has 0 aliphatic heterocycles. The van der Waals surface area contributed by atoms with Gasteiger partial charge < -0.3 is 5.32 Å². The molecule has 0 aromatic carbocycles. The van der Waals surface area contributed by atoms with Gasteiger partial charge >= 0.3 is 0 Å². The highest BCUT2D eigenvalue weighted by atomic mass is 32.1. The van der Waals surface area contributed by atoms with Gasteiger partial charge in [0.25, 0.3) is 0 Å². The second kappa shape index (κ2) is 5.11. The van der Waals surface area contributed by atoms with Crippen molar-refractivity contribution in [3.05, 3.63) is 21.4 Å². The van der Waals surface area contributed by atoms with Crippen molar-refractivity contribution in [2.45, 2.75) is 53.0 Å². The summed E-state index contributed by atoms with van der Waals surface area (Å²) in [5, 5.41) is 5.64. The van der Waals surface area contributed by atoms with Crippen LogP contribution < -0.4 is 5.32 Å². The lowest BCUT2D eigenvalue weighted by atomic mass is 9.69. The fourth-order valence-corrected chi connectivity index (χ4v) is 4.06. The summed E-state index contributed by atoms with van der Waals surface area (Å²) in [6, 6.07) is 0. The Morgan fingerprint density at radius 2 is 2.24 bits per heavy atom. The summed E-state index contributed by atoms with van der Waals surface area (Å²) in [6.07, 6.45) is 5.28. The molecule has 2 rings (SSSR count). The van der Waals surface area contributed by atoms with Gasteiger partial charge in [0.05, 0.1) is 0 Å². The predicted molar refractivity (Wildman–Crippen MR) is 76.7 cm³/mol. The number of fused-ring (bicyclic) bond motifs is 1. The fraction of sp³-hybridized carbons (Fsp3) is 0.733. The summed E-state index contributed by atoms with van der Waals surface area (Å²) in [4.78, 5) is 1.66. The lowest BCUT2D eigenvalue weighted by molar-refractivity contribution is 0.184. The summed E-state index contributed by atoms with van der Waals surface area (Å²) in [5.74, 6) is 0.876. The second-order valence-electron chi connectivity index (χ2n) is 5.97. The second-order valence-corrected chi connectivity index (χ2v) is 6.94. The van der Waals surface area contributed by atoms with Crippen molar-refractivity contribution in [1.82, 2.24) is 5.32 Å². The van der Waals surface area contributed by atoms with Crippen molar-refractivity contribution in [1.29, 1.82) is 0 Å². The van der Waals surface area contributed by atoms with Gasteiger partial charge in [-0.25, -0.2) is 0 Å². The van der Waals surface area contributed by atoms with Gasteiger partial charge in [-0.15, -0.1) is 11.3 Å². The highest BCUT2D eigenvalue weighted by Crippen LogP contribution is 2.42. The molecular weight excluding hydrogens is 226 g/mol. The minimum Gasteiger partial charge on any atom is -0.316 e. The van der Waals surface area contributed by atoms with Crippen LogP contribution in [0.1, 0.15) is 49.6 Å². The summed E-state index contributed by atoms with van der Waals surface area (Å²) in [5.41, 5.74) is 3.71. The number of rotatable bonds is 4. The first-order chi connectivity index (χ1) is 8.08. The number of hydrogen-bond donors (Lipinski definition) is 1. The first-order valence-electron chi connectivity index (χ1n) is 6.81. The Bertz CT molecular complexity index is 378. The standard InChI is InChI=1S/C15H25NS/c1-5-15(2,3)12-6-7-13-11(9-16-4)10-17-14(13)8-12/h10,12,16H,5-9H2,1-4H3. The number of hydrogen-bond acceptors (Lipinski definition) is 2. The third-order valence-corrected chi connectivity index (χ3v) is 5.73. The van der Waals surface area contributed by atoms with E-state index in [1.165, 1.54) is 25.7 Å². The number of nitrogens with one attached hydrogen (secondary N) is 1. The van der Waals surface area contributed by atoms with E-state index >= 15 is 0 Å². The van der Waals surface area contributed by atoms with Crippen molar-refractivity contribution in [2.75, 3.05) is 7.05 Å². The molecule has 1 aromatic rings. The van der Waals surface area contributed by atoms with E-state index in [0.29, 0.717) is 5.41 Å². The minimum atomic E-state index is 0.505. The molecule has 0 fully saturated rings. The van der Waals surface area contributed by atoms with E-state index in [1.54, 1.807) is 16.0 Å². The molecule has 1 nitrogen and oxygen atoms in total. The van der Waals surface area contributed by atoms with Crippen LogP contribution in [0.4, 0.5) is 0 Å². The molecular formula is C15H25NS. The van der Waals surface area contributed by atoms with Crippen LogP contribution in [0.15, 0.2) is 5.38 Å². The van der Waals surface area contributed by atoms with E-state index in [-0.39, 0.29) is 0 Å². The molecule has 1 aliphatic carbocycles. The Morgan fingerprint density at radius 1 is 1.47 bits per heavy atom. The van der Waals surface area contributed by atoms with E-state index in [1.807, 2.05) is 18.4 Å². The van der Waals surface area contributed by atoms with E-state index in [9.17, 15) is 0 Å². The molecule has 0 saturated carbocycles. The van der Waals surface area contributed by atoms with Crippen molar-refractivity contribution in [3.63, 3.8) is 0 Å². The Kier molecular flexibility index (Phi) is 3.94. The maximum atomic E-state index is 3.28. The molecule has 1 N–H and O–H groups in total. The summed E-state index contributed by atoms with van der Waals surface area (Å²) in [7, 11) is 2.04. The van der Waals surface area contributed by atoms with Gasteiger partial charge in [0.2, 0.25) is 0 Å². The van der Waals surface area contributed by atoms with Gasteiger partial charge in [0, 0.05) is 11.4 Å². The zero-order valence-corrected chi connectivity index (χ0v) is 12.4. The molecule has 1 aliphatic rings. The molecule has 1 atom stereocenters. The molecule has 0 saturated heterocycles. The van der Waals surface area contributed by atoms with E-state index in [4.69, 9.17) is 0 Å². The van der Waals surface area contributed by atoms with Crippen LogP contribution >= 0.6 is 11.3 Å². The largest absolute Gasteiger partial charge is 0.316 e. The maximum Gasteiger partial charge on any atom is 0.0213 e. The Labute approximate surface area is 110 Å². The minimum absolute atomic E-state index is 0.505. The summed E-state index contributed by atoms with van der Waals surface area (Å²) >= 11 is 1.98. The van der Waals surface area contributed by atoms with Gasteiger partial charge in [-0.3, -0.25) is 0 Å². The van der Waals surface area contributed by atoms with E-state index in [0.717, 1.165) is 12.5 Å². The number of thiophene rings is 1. The molecule has 0 spiro atoms. The Morgan fingerprint density at radius 3 is 2.88 bits per heavy atom. The lowest BCUT2D eigenvalue weighted by Crippen LogP contribution is -2.28. The van der Waals surface area contributed by atoms with Crippen LogP contribution in [0.2, 0.25) is 0 Å². The third-order valence-electron chi connectivity index (χ3n) is 4.63. The predicted octanol–water partition coefficient (Wildman–Crippen LogP) is 4.01. The quantitative estimate of drug-likeness (QED) is 0.852. The van der Waals surface area contributed by atoms with Crippen LogP contribution in [0.25, 0.3) is 0 Å². The molecule has 2 heteroatoms. The smallest absolute Gasteiger partial charge is 0.0213 e. The van der Waals surface area contributed by atoms with Gasteiger partial charge in [-0.2, -0.15) is 0 Å². The normalized spacial score (nSPS) is 20.4. The SMILES string of the molecule is CCC(C)(C)C1CCc2c(CNC)csc2C1. The lowest BCUT2D eigenvalue weighted by Gasteiger charge is -2.36. The monoisotopic (exact) mass is 251 g/mol. The van der Waals surface area contributed by atoms with Crippen molar-refractivity contribution < 1.29 is 0 Å². The third kappa shape index (κ3) is 2.58. The molecule has 96 valence electrons.